The number of nitrogens with zero attached hydrogens (tertiary/aromatic N) is 2. The first-order valence-electron chi connectivity index (χ1n) is 12.0. The highest BCUT2D eigenvalue weighted by Crippen LogP contribution is 2.26. The number of carbonyl (C=O) groups is 1. The van der Waals surface area contributed by atoms with Crippen molar-refractivity contribution in [1.82, 2.24) is 14.8 Å². The lowest BCUT2D eigenvalue weighted by molar-refractivity contribution is -0.119. The molecular weight excluding hydrogens is 428 g/mol. The van der Waals surface area contributed by atoms with Crippen LogP contribution in [0.1, 0.15) is 31.7 Å². The number of fused-ring (bicyclic) bond motifs is 1. The van der Waals surface area contributed by atoms with Crippen molar-refractivity contribution >= 4 is 16.8 Å². The second-order valence-electron chi connectivity index (χ2n) is 9.04. The van der Waals surface area contributed by atoms with E-state index >= 15 is 0 Å². The van der Waals surface area contributed by atoms with E-state index in [0.29, 0.717) is 18.7 Å². The molecule has 4 rings (SSSR count). The second kappa shape index (κ2) is 10.8. The summed E-state index contributed by atoms with van der Waals surface area (Å²) < 4.78 is 7.17. The number of pyridine rings is 1. The molecule has 0 spiro atoms. The van der Waals surface area contributed by atoms with E-state index in [1.807, 2.05) is 34.9 Å². The maximum absolute atomic E-state index is 13.5. The first kappa shape index (κ1) is 24.0. The molecule has 1 atom stereocenters. The molecule has 0 radical (unpaired) electrons. The Morgan fingerprint density at radius 3 is 2.41 bits per heavy atom. The van der Waals surface area contributed by atoms with Crippen LogP contribution < -0.4 is 21.3 Å². The van der Waals surface area contributed by atoms with Gasteiger partial charge in [-0.1, -0.05) is 30.7 Å². The predicted molar refractivity (Wildman–Crippen MR) is 136 cm³/mol. The van der Waals surface area contributed by atoms with Crippen molar-refractivity contribution in [3.05, 3.63) is 64.4 Å². The van der Waals surface area contributed by atoms with Crippen LogP contribution in [0.15, 0.2) is 53.3 Å². The fourth-order valence-corrected chi connectivity index (χ4v) is 4.53. The minimum atomic E-state index is -0.505. The van der Waals surface area contributed by atoms with Gasteiger partial charge in [-0.2, -0.15) is 0 Å². The molecule has 2 heterocycles. The summed E-state index contributed by atoms with van der Waals surface area (Å²) in [5, 5.41) is 4.07. The Hall–Kier alpha value is -3.16. The first-order chi connectivity index (χ1) is 16.5. The average Bonchev–Trinajstić information content (AvgIpc) is 2.87. The molecule has 0 bridgehead atoms. The van der Waals surface area contributed by atoms with Crippen LogP contribution in [0.3, 0.4) is 0 Å². The van der Waals surface area contributed by atoms with E-state index in [0.717, 1.165) is 47.4 Å². The molecule has 1 aliphatic heterocycles. The first-order valence-corrected chi connectivity index (χ1v) is 12.0. The van der Waals surface area contributed by atoms with Crippen LogP contribution in [0.5, 0.6) is 5.75 Å². The van der Waals surface area contributed by atoms with E-state index in [4.69, 9.17) is 10.5 Å². The molecule has 1 fully saturated rings. The number of hydrogen-bond donors (Lipinski definition) is 2. The van der Waals surface area contributed by atoms with Gasteiger partial charge in [-0.15, -0.1) is 0 Å². The van der Waals surface area contributed by atoms with Crippen LogP contribution in [-0.4, -0.2) is 48.2 Å². The summed E-state index contributed by atoms with van der Waals surface area (Å²) in [5.74, 6) is 0.376. The minimum Gasteiger partial charge on any atom is -0.497 e. The summed E-state index contributed by atoms with van der Waals surface area (Å²) in [5.41, 5.74) is 9.03. The van der Waals surface area contributed by atoms with Gasteiger partial charge in [0, 0.05) is 25.2 Å². The molecule has 7 heteroatoms. The lowest BCUT2D eigenvalue weighted by Crippen LogP contribution is -2.40. The number of methoxy groups -OCH3 is 1. The summed E-state index contributed by atoms with van der Waals surface area (Å²) in [6.07, 6.45) is 3.71. The van der Waals surface area contributed by atoms with Crippen molar-refractivity contribution in [2.75, 3.05) is 26.7 Å². The van der Waals surface area contributed by atoms with Crippen LogP contribution >= 0.6 is 0 Å². The molecule has 1 aliphatic rings. The van der Waals surface area contributed by atoms with Crippen LogP contribution in [0.4, 0.5) is 0 Å². The molecule has 7 nitrogen and oxygen atoms in total. The SMILES string of the molecule is COc1ccc(-c2ccc3cc(CN[C@@H](C)C(N)=O)c(=O)n(CCN4CCCCC4)c3c2)cc1. The molecular formula is C27H34N4O3. The van der Waals surface area contributed by atoms with Crippen LogP contribution in [0.2, 0.25) is 0 Å². The molecule has 0 saturated carbocycles. The fraction of sp³-hybridized carbons (Fsp3) is 0.407. The summed E-state index contributed by atoms with van der Waals surface area (Å²) >= 11 is 0. The van der Waals surface area contributed by atoms with Gasteiger partial charge in [0.05, 0.1) is 18.7 Å². The van der Waals surface area contributed by atoms with Gasteiger partial charge >= 0.3 is 0 Å². The third kappa shape index (κ3) is 5.48. The molecule has 0 unspecified atom stereocenters. The molecule has 1 aromatic heterocycles. The maximum Gasteiger partial charge on any atom is 0.255 e. The molecule has 2 aromatic carbocycles. The quantitative estimate of drug-likeness (QED) is 0.510. The number of amides is 1. The van der Waals surface area contributed by atoms with Crippen molar-refractivity contribution in [2.45, 2.75) is 45.3 Å². The summed E-state index contributed by atoms with van der Waals surface area (Å²) in [7, 11) is 1.66. The lowest BCUT2D eigenvalue weighted by atomic mass is 10.0. The van der Waals surface area contributed by atoms with E-state index in [9.17, 15) is 9.59 Å². The number of piperidine rings is 1. The highest BCUT2D eigenvalue weighted by molar-refractivity contribution is 5.85. The maximum atomic E-state index is 13.5. The predicted octanol–water partition coefficient (Wildman–Crippen LogP) is 3.13. The van der Waals surface area contributed by atoms with E-state index in [1.165, 1.54) is 19.3 Å². The number of carbonyl (C=O) groups excluding carboxylic acids is 1. The summed E-state index contributed by atoms with van der Waals surface area (Å²) in [6.45, 7) is 5.64. The van der Waals surface area contributed by atoms with Crippen LogP contribution in [0, 0.1) is 0 Å². The van der Waals surface area contributed by atoms with Gasteiger partial charge in [0.2, 0.25) is 5.91 Å². The molecule has 1 saturated heterocycles. The Morgan fingerprint density at radius 2 is 1.74 bits per heavy atom. The summed E-state index contributed by atoms with van der Waals surface area (Å²) in [6, 6.07) is 15.6. The number of ether oxygens (including phenoxy) is 1. The average molecular weight is 463 g/mol. The molecule has 1 amide bonds. The third-order valence-electron chi connectivity index (χ3n) is 6.71. The highest BCUT2D eigenvalue weighted by atomic mass is 16.5. The minimum absolute atomic E-state index is 0.0273. The third-order valence-corrected chi connectivity index (χ3v) is 6.71. The Morgan fingerprint density at radius 1 is 1.03 bits per heavy atom. The largest absolute Gasteiger partial charge is 0.497 e. The van der Waals surface area contributed by atoms with E-state index in [2.05, 4.69) is 28.4 Å². The molecule has 3 N–H and O–H groups in total. The number of hydrogen-bond acceptors (Lipinski definition) is 5. The van der Waals surface area contributed by atoms with Crippen molar-refractivity contribution in [1.29, 1.82) is 0 Å². The topological polar surface area (TPSA) is 89.6 Å². The lowest BCUT2D eigenvalue weighted by Gasteiger charge is -2.27. The van der Waals surface area contributed by atoms with Crippen LogP contribution in [-0.2, 0) is 17.9 Å². The molecule has 34 heavy (non-hydrogen) atoms. The van der Waals surface area contributed by atoms with E-state index < -0.39 is 11.9 Å². The number of aromatic nitrogens is 1. The zero-order valence-electron chi connectivity index (χ0n) is 20.0. The van der Waals surface area contributed by atoms with Crippen molar-refractivity contribution in [3.63, 3.8) is 0 Å². The fourth-order valence-electron chi connectivity index (χ4n) is 4.53. The van der Waals surface area contributed by atoms with Gasteiger partial charge in [-0.05, 0) is 73.6 Å². The number of primary amides is 1. The standard InChI is InChI=1S/C27H34N4O3/c1-19(26(28)32)29-18-23-16-22-7-6-21(20-8-10-24(34-2)11-9-20)17-25(22)31(27(23)33)15-14-30-12-4-3-5-13-30/h6-11,16-17,19,29H,3-5,12-15,18H2,1-2H3,(H2,28,32)/t19-/m0/s1. The Kier molecular flexibility index (Phi) is 7.65. The zero-order valence-corrected chi connectivity index (χ0v) is 20.0. The number of rotatable bonds is 9. The van der Waals surface area contributed by atoms with E-state index in [1.54, 1.807) is 14.0 Å². The van der Waals surface area contributed by atoms with Crippen molar-refractivity contribution < 1.29 is 9.53 Å². The highest BCUT2D eigenvalue weighted by Gasteiger charge is 2.15. The number of nitrogens with two attached hydrogens (primary N) is 1. The summed E-state index contributed by atoms with van der Waals surface area (Å²) in [4.78, 5) is 27.4. The van der Waals surface area contributed by atoms with Gasteiger partial charge in [0.25, 0.3) is 5.56 Å². The van der Waals surface area contributed by atoms with Gasteiger partial charge in [-0.3, -0.25) is 9.59 Å². The zero-order chi connectivity index (χ0) is 24.1. The van der Waals surface area contributed by atoms with Crippen molar-refractivity contribution in [2.24, 2.45) is 5.73 Å². The molecule has 3 aromatic rings. The Labute approximate surface area is 200 Å². The van der Waals surface area contributed by atoms with Crippen LogP contribution in [0.25, 0.3) is 22.0 Å². The van der Waals surface area contributed by atoms with Gasteiger partial charge in [-0.25, -0.2) is 0 Å². The number of benzene rings is 2. The molecule has 180 valence electrons. The van der Waals surface area contributed by atoms with E-state index in [-0.39, 0.29) is 5.56 Å². The van der Waals surface area contributed by atoms with Gasteiger partial charge in [0.1, 0.15) is 5.75 Å². The Balaban J connectivity index is 1.71. The van der Waals surface area contributed by atoms with Gasteiger partial charge < -0.3 is 25.3 Å². The second-order valence-corrected chi connectivity index (χ2v) is 9.04. The smallest absolute Gasteiger partial charge is 0.255 e. The monoisotopic (exact) mass is 462 g/mol. The Bertz CT molecular complexity index is 1200. The number of likely N-dealkylation sites (tertiary alicyclic amines) is 1. The number of nitrogens with one attached hydrogen (secondary N) is 1. The van der Waals surface area contributed by atoms with Gasteiger partial charge in [0.15, 0.2) is 0 Å². The normalized spacial score (nSPS) is 15.4. The molecule has 0 aliphatic carbocycles. The van der Waals surface area contributed by atoms with Crippen molar-refractivity contribution in [3.8, 4) is 16.9 Å².